The molecule has 1 atom stereocenters. The minimum atomic E-state index is -0.503. The topological polar surface area (TPSA) is 55.8 Å². The molecule has 1 fully saturated rings. The molecule has 0 aliphatic carbocycles. The normalized spacial score (nSPS) is 19.2. The molecule has 1 N–H and O–H groups in total. The van der Waals surface area contributed by atoms with Crippen LogP contribution >= 0.6 is 22.6 Å². The molecule has 1 aromatic rings. The summed E-state index contributed by atoms with van der Waals surface area (Å²) >= 11 is 2.08. The molecule has 1 aromatic carbocycles. The van der Waals surface area contributed by atoms with E-state index >= 15 is 0 Å². The first-order chi connectivity index (χ1) is 8.16. The Morgan fingerprint density at radius 1 is 1.59 bits per heavy atom. The van der Waals surface area contributed by atoms with E-state index in [4.69, 9.17) is 9.47 Å². The van der Waals surface area contributed by atoms with Crippen LogP contribution in [0.4, 0.5) is 0 Å². The van der Waals surface area contributed by atoms with Crippen LogP contribution in [0.15, 0.2) is 18.2 Å². The predicted molar refractivity (Wildman–Crippen MR) is 70.1 cm³/mol. The van der Waals surface area contributed by atoms with Gasteiger partial charge in [0.2, 0.25) is 0 Å². The summed E-state index contributed by atoms with van der Waals surface area (Å²) in [6.07, 6.45) is 1.94. The van der Waals surface area contributed by atoms with E-state index in [1.807, 2.05) is 0 Å². The van der Waals surface area contributed by atoms with Gasteiger partial charge < -0.3 is 14.6 Å². The third kappa shape index (κ3) is 3.32. The van der Waals surface area contributed by atoms with Crippen LogP contribution in [0.1, 0.15) is 23.2 Å². The lowest BCUT2D eigenvalue weighted by Gasteiger charge is -2.10. The summed E-state index contributed by atoms with van der Waals surface area (Å²) in [5.74, 6) is -0.556. The SMILES string of the molecule is O=C(OC[C@H]1CCCO1)c1cc(I)ccc1O. The van der Waals surface area contributed by atoms with Crippen molar-refractivity contribution in [2.75, 3.05) is 13.2 Å². The molecule has 1 heterocycles. The Bertz CT molecular complexity index is 413. The van der Waals surface area contributed by atoms with Gasteiger partial charge in [-0.3, -0.25) is 0 Å². The van der Waals surface area contributed by atoms with Gasteiger partial charge in [-0.1, -0.05) is 0 Å². The van der Waals surface area contributed by atoms with Crippen molar-refractivity contribution in [2.24, 2.45) is 0 Å². The maximum atomic E-state index is 11.7. The number of hydrogen-bond acceptors (Lipinski definition) is 4. The largest absolute Gasteiger partial charge is 0.507 e. The quantitative estimate of drug-likeness (QED) is 0.673. The number of esters is 1. The molecule has 0 aromatic heterocycles. The number of benzene rings is 1. The lowest BCUT2D eigenvalue weighted by atomic mass is 10.2. The number of ether oxygens (including phenoxy) is 2. The Labute approximate surface area is 113 Å². The highest BCUT2D eigenvalue weighted by molar-refractivity contribution is 14.1. The number of carbonyl (C=O) groups is 1. The molecule has 1 aliphatic rings. The average Bonchev–Trinajstić information content (AvgIpc) is 2.82. The van der Waals surface area contributed by atoms with E-state index in [1.165, 1.54) is 6.07 Å². The van der Waals surface area contributed by atoms with E-state index in [2.05, 4.69) is 22.6 Å². The maximum absolute atomic E-state index is 11.7. The number of aromatic hydroxyl groups is 1. The summed E-state index contributed by atoms with van der Waals surface area (Å²) in [4.78, 5) is 11.7. The molecule has 92 valence electrons. The fourth-order valence-corrected chi connectivity index (χ4v) is 2.19. The smallest absolute Gasteiger partial charge is 0.342 e. The fourth-order valence-electron chi connectivity index (χ4n) is 1.69. The summed E-state index contributed by atoms with van der Waals surface area (Å²) < 4.78 is 11.4. The number of phenols is 1. The molecule has 0 unspecified atom stereocenters. The number of phenolic OH excluding ortho intramolecular Hbond substituents is 1. The standard InChI is InChI=1S/C12H13IO4/c13-8-3-4-11(14)10(6-8)12(15)17-7-9-2-1-5-16-9/h3-4,6,9,14H,1-2,5,7H2/t9-/m1/s1. The molecular formula is C12H13IO4. The Hall–Kier alpha value is -0.820. The van der Waals surface area contributed by atoms with Crippen molar-refractivity contribution in [3.63, 3.8) is 0 Å². The first kappa shape index (κ1) is 12.6. The Kier molecular flexibility index (Phi) is 4.22. The van der Waals surface area contributed by atoms with Gasteiger partial charge >= 0.3 is 5.97 Å². The molecule has 2 rings (SSSR count). The number of halogens is 1. The van der Waals surface area contributed by atoms with Crippen LogP contribution < -0.4 is 0 Å². The van der Waals surface area contributed by atoms with Gasteiger partial charge in [-0.15, -0.1) is 0 Å². The highest BCUT2D eigenvalue weighted by Gasteiger charge is 2.19. The second-order valence-electron chi connectivity index (χ2n) is 3.89. The van der Waals surface area contributed by atoms with Crippen molar-refractivity contribution >= 4 is 28.6 Å². The molecule has 1 aliphatic heterocycles. The van der Waals surface area contributed by atoms with Crippen LogP contribution in [0, 0.1) is 3.57 Å². The van der Waals surface area contributed by atoms with E-state index in [0.29, 0.717) is 0 Å². The van der Waals surface area contributed by atoms with Crippen molar-refractivity contribution in [1.82, 2.24) is 0 Å². The molecule has 0 saturated carbocycles. The summed E-state index contributed by atoms with van der Waals surface area (Å²) in [6.45, 7) is 0.987. The number of rotatable bonds is 3. The number of hydrogen-bond donors (Lipinski definition) is 1. The van der Waals surface area contributed by atoms with Crippen LogP contribution in [-0.4, -0.2) is 30.4 Å². The lowest BCUT2D eigenvalue weighted by Crippen LogP contribution is -2.18. The van der Waals surface area contributed by atoms with E-state index < -0.39 is 5.97 Å². The molecule has 17 heavy (non-hydrogen) atoms. The minimum Gasteiger partial charge on any atom is -0.507 e. The van der Waals surface area contributed by atoms with Crippen molar-refractivity contribution in [1.29, 1.82) is 0 Å². The molecule has 0 bridgehead atoms. The van der Waals surface area contributed by atoms with Crippen molar-refractivity contribution < 1.29 is 19.4 Å². The second-order valence-corrected chi connectivity index (χ2v) is 5.14. The summed E-state index contributed by atoms with van der Waals surface area (Å²) in [5.41, 5.74) is 0.204. The van der Waals surface area contributed by atoms with Crippen LogP contribution in [0.2, 0.25) is 0 Å². The fraction of sp³-hybridized carbons (Fsp3) is 0.417. The molecule has 4 nitrogen and oxygen atoms in total. The Morgan fingerprint density at radius 2 is 2.41 bits per heavy atom. The Balaban J connectivity index is 1.96. The van der Waals surface area contributed by atoms with Gasteiger partial charge in [0.05, 0.1) is 6.10 Å². The van der Waals surface area contributed by atoms with Gasteiger partial charge in [-0.2, -0.15) is 0 Å². The van der Waals surface area contributed by atoms with Gasteiger partial charge in [0.15, 0.2) is 0 Å². The summed E-state index contributed by atoms with van der Waals surface area (Å²) in [5, 5.41) is 9.56. The Morgan fingerprint density at radius 3 is 3.12 bits per heavy atom. The third-order valence-electron chi connectivity index (χ3n) is 2.60. The first-order valence-corrected chi connectivity index (χ1v) is 6.52. The molecular weight excluding hydrogens is 335 g/mol. The molecule has 0 radical (unpaired) electrons. The monoisotopic (exact) mass is 348 g/mol. The zero-order valence-corrected chi connectivity index (χ0v) is 11.3. The lowest BCUT2D eigenvalue weighted by molar-refractivity contribution is 0.0159. The number of carbonyl (C=O) groups excluding carboxylic acids is 1. The van der Waals surface area contributed by atoms with Gasteiger partial charge in [-0.25, -0.2) is 4.79 Å². The van der Waals surface area contributed by atoms with Gasteiger partial charge in [0.1, 0.15) is 17.9 Å². The third-order valence-corrected chi connectivity index (χ3v) is 3.27. The van der Waals surface area contributed by atoms with Gasteiger partial charge in [0, 0.05) is 10.2 Å². The minimum absolute atomic E-state index is 0.00359. The zero-order valence-electron chi connectivity index (χ0n) is 9.19. The summed E-state index contributed by atoms with van der Waals surface area (Å²) in [6, 6.07) is 4.82. The average molecular weight is 348 g/mol. The highest BCUT2D eigenvalue weighted by Crippen LogP contribution is 2.21. The maximum Gasteiger partial charge on any atom is 0.342 e. The van der Waals surface area contributed by atoms with Gasteiger partial charge in [-0.05, 0) is 53.6 Å². The van der Waals surface area contributed by atoms with Crippen LogP contribution in [0.5, 0.6) is 5.75 Å². The van der Waals surface area contributed by atoms with Crippen molar-refractivity contribution in [3.05, 3.63) is 27.3 Å². The molecule has 0 spiro atoms. The van der Waals surface area contributed by atoms with Crippen LogP contribution in [0.25, 0.3) is 0 Å². The molecule has 5 heteroatoms. The van der Waals surface area contributed by atoms with E-state index in [1.54, 1.807) is 12.1 Å². The molecule has 1 saturated heterocycles. The van der Waals surface area contributed by atoms with Gasteiger partial charge in [0.25, 0.3) is 0 Å². The molecule has 0 amide bonds. The van der Waals surface area contributed by atoms with Crippen LogP contribution in [0.3, 0.4) is 0 Å². The van der Waals surface area contributed by atoms with Crippen molar-refractivity contribution in [3.8, 4) is 5.75 Å². The van der Waals surface area contributed by atoms with Crippen LogP contribution in [-0.2, 0) is 9.47 Å². The van der Waals surface area contributed by atoms with Crippen molar-refractivity contribution in [2.45, 2.75) is 18.9 Å². The highest BCUT2D eigenvalue weighted by atomic mass is 127. The second kappa shape index (κ2) is 5.68. The van der Waals surface area contributed by atoms with E-state index in [0.717, 1.165) is 23.0 Å². The van der Waals surface area contributed by atoms with E-state index in [-0.39, 0.29) is 24.0 Å². The first-order valence-electron chi connectivity index (χ1n) is 5.44. The van der Waals surface area contributed by atoms with E-state index in [9.17, 15) is 9.90 Å². The zero-order chi connectivity index (χ0) is 12.3. The predicted octanol–water partition coefficient (Wildman–Crippen LogP) is 2.33. The summed E-state index contributed by atoms with van der Waals surface area (Å²) in [7, 11) is 0.